The molecule has 0 aromatic heterocycles. The van der Waals surface area contributed by atoms with E-state index in [1.165, 1.54) is 38.9 Å². The van der Waals surface area contributed by atoms with Crippen LogP contribution in [0.2, 0.25) is 5.02 Å². The molecule has 1 aromatic carbocycles. The van der Waals surface area contributed by atoms with Crippen LogP contribution in [0.15, 0.2) is 12.1 Å². The highest BCUT2D eigenvalue weighted by Gasteiger charge is 2.45. The monoisotopic (exact) mass is 404 g/mol. The van der Waals surface area contributed by atoms with E-state index in [0.717, 1.165) is 24.8 Å². The van der Waals surface area contributed by atoms with Crippen molar-refractivity contribution in [1.82, 2.24) is 0 Å². The van der Waals surface area contributed by atoms with Crippen molar-refractivity contribution in [3.8, 4) is 11.5 Å². The van der Waals surface area contributed by atoms with Crippen LogP contribution in [0.5, 0.6) is 11.5 Å². The molecule has 0 atom stereocenters. The molecule has 1 aromatic rings. The van der Waals surface area contributed by atoms with Crippen molar-refractivity contribution in [2.24, 2.45) is 23.7 Å². The second-order valence-corrected chi connectivity index (χ2v) is 8.57. The van der Waals surface area contributed by atoms with Crippen molar-refractivity contribution in [3.05, 3.63) is 23.0 Å². The number of hydrogen-bond donors (Lipinski definition) is 0. The Morgan fingerprint density at radius 2 is 1.44 bits per heavy atom. The van der Waals surface area contributed by atoms with Crippen LogP contribution < -0.4 is 9.47 Å². The molecule has 2 nitrogen and oxygen atoms in total. The van der Waals surface area contributed by atoms with Gasteiger partial charge in [0.2, 0.25) is 0 Å². The normalized spacial score (nSPS) is 29.4. The first-order valence-corrected chi connectivity index (χ1v) is 10.3. The smallest absolute Gasteiger partial charge is 0.400 e. The number of halogens is 4. The zero-order valence-electron chi connectivity index (χ0n) is 15.9. The Morgan fingerprint density at radius 3 is 2.00 bits per heavy atom. The number of methoxy groups -OCH3 is 1. The second kappa shape index (κ2) is 8.50. The van der Waals surface area contributed by atoms with Gasteiger partial charge in [-0.25, -0.2) is 4.39 Å². The average molecular weight is 405 g/mol. The minimum Gasteiger partial charge on any atom is -0.495 e. The Hall–Kier alpha value is -1.10. The summed E-state index contributed by atoms with van der Waals surface area (Å²) in [6.07, 6.45) is 3.96. The van der Waals surface area contributed by atoms with Gasteiger partial charge in [0.05, 0.1) is 13.0 Å². The largest absolute Gasteiger partial charge is 0.495 e. The summed E-state index contributed by atoms with van der Waals surface area (Å²) < 4.78 is 53.2. The number of benzene rings is 1. The summed E-state index contributed by atoms with van der Waals surface area (Å²) in [4.78, 5) is 0. The molecule has 0 unspecified atom stereocenters. The van der Waals surface area contributed by atoms with E-state index in [9.17, 15) is 13.2 Å². The topological polar surface area (TPSA) is 18.5 Å². The second-order valence-electron chi connectivity index (χ2n) is 8.19. The Balaban J connectivity index is 1.59. The van der Waals surface area contributed by atoms with Gasteiger partial charge < -0.3 is 9.47 Å². The molecule has 0 N–H and O–H groups in total. The molecule has 2 aliphatic rings. The van der Waals surface area contributed by atoms with Gasteiger partial charge in [-0.3, -0.25) is 0 Å². The van der Waals surface area contributed by atoms with E-state index in [2.05, 4.69) is 6.92 Å². The zero-order chi connectivity index (χ0) is 19.6. The fourth-order valence-electron chi connectivity index (χ4n) is 4.66. The third-order valence-electron chi connectivity index (χ3n) is 6.45. The van der Waals surface area contributed by atoms with Crippen LogP contribution in [-0.4, -0.2) is 13.2 Å². The number of rotatable bonds is 5. The van der Waals surface area contributed by atoms with Crippen LogP contribution in [0.1, 0.15) is 58.3 Å². The number of alkyl halides is 2. The molecule has 2 saturated carbocycles. The van der Waals surface area contributed by atoms with E-state index >= 15 is 0 Å². The van der Waals surface area contributed by atoms with Crippen LogP contribution in [0.25, 0.3) is 0 Å². The zero-order valence-corrected chi connectivity index (χ0v) is 16.7. The van der Waals surface area contributed by atoms with Gasteiger partial charge >= 0.3 is 6.11 Å². The third-order valence-corrected chi connectivity index (χ3v) is 6.80. The molecular formula is C21H28ClF3O2. The highest BCUT2D eigenvalue weighted by Crippen LogP contribution is 2.46. The predicted octanol–water partition coefficient (Wildman–Crippen LogP) is 7.09. The molecule has 152 valence electrons. The van der Waals surface area contributed by atoms with Crippen LogP contribution in [-0.2, 0) is 0 Å². The van der Waals surface area contributed by atoms with Crippen LogP contribution in [0.4, 0.5) is 13.2 Å². The van der Waals surface area contributed by atoms with Gasteiger partial charge in [-0.1, -0.05) is 31.4 Å². The molecule has 0 heterocycles. The number of ether oxygens (including phenoxy) is 2. The van der Waals surface area contributed by atoms with E-state index in [1.807, 2.05) is 0 Å². The summed E-state index contributed by atoms with van der Waals surface area (Å²) in [5.41, 5.74) is 0. The lowest BCUT2D eigenvalue weighted by Crippen LogP contribution is -2.38. The molecule has 0 spiro atoms. The van der Waals surface area contributed by atoms with Crippen molar-refractivity contribution in [3.63, 3.8) is 0 Å². The standard InChI is InChI=1S/C21H28ClF3O2/c1-13-3-5-14(6-4-13)15-7-9-16(10-8-15)21(24,25)27-18-12-11-17(26-2)19(22)20(18)23/h11-16H,3-10H2,1-2H3. The maximum Gasteiger partial charge on any atom is 0.400 e. The van der Waals surface area contributed by atoms with E-state index in [4.69, 9.17) is 21.1 Å². The molecule has 0 bridgehead atoms. The van der Waals surface area contributed by atoms with Crippen LogP contribution in [0, 0.1) is 29.5 Å². The molecule has 27 heavy (non-hydrogen) atoms. The molecular weight excluding hydrogens is 377 g/mol. The van der Waals surface area contributed by atoms with Crippen LogP contribution >= 0.6 is 11.6 Å². The molecule has 2 aliphatic carbocycles. The van der Waals surface area contributed by atoms with Gasteiger partial charge in [0, 0.05) is 0 Å². The molecule has 0 amide bonds. The van der Waals surface area contributed by atoms with E-state index < -0.39 is 23.6 Å². The lowest BCUT2D eigenvalue weighted by atomic mass is 9.69. The first kappa shape index (κ1) is 20.6. The summed E-state index contributed by atoms with van der Waals surface area (Å²) in [5.74, 6) is -0.341. The minimum absolute atomic E-state index is 0.0899. The summed E-state index contributed by atoms with van der Waals surface area (Å²) in [5, 5.41) is -0.346. The maximum atomic E-state index is 14.6. The highest BCUT2D eigenvalue weighted by molar-refractivity contribution is 6.32. The molecule has 6 heteroatoms. The SMILES string of the molecule is COc1ccc(OC(F)(F)C2CCC(C3CCC(C)CC3)CC2)c(F)c1Cl. The van der Waals surface area contributed by atoms with Crippen LogP contribution in [0.3, 0.4) is 0 Å². The molecule has 0 saturated heterocycles. The summed E-state index contributed by atoms with van der Waals surface area (Å²) in [6.45, 7) is 2.29. The average Bonchev–Trinajstić information content (AvgIpc) is 2.66. The Bertz CT molecular complexity index is 637. The Morgan fingerprint density at radius 1 is 0.926 bits per heavy atom. The molecule has 0 aliphatic heterocycles. The van der Waals surface area contributed by atoms with Gasteiger partial charge in [0.25, 0.3) is 0 Å². The van der Waals surface area contributed by atoms with Crippen molar-refractivity contribution >= 4 is 11.6 Å². The minimum atomic E-state index is -3.41. The number of hydrogen-bond acceptors (Lipinski definition) is 2. The molecule has 3 rings (SSSR count). The first-order valence-electron chi connectivity index (χ1n) is 9.90. The van der Waals surface area contributed by atoms with E-state index in [-0.39, 0.29) is 10.8 Å². The Kier molecular flexibility index (Phi) is 6.50. The van der Waals surface area contributed by atoms with Crippen molar-refractivity contribution in [2.75, 3.05) is 7.11 Å². The van der Waals surface area contributed by atoms with E-state index in [1.54, 1.807) is 0 Å². The lowest BCUT2D eigenvalue weighted by Gasteiger charge is -2.38. The maximum absolute atomic E-state index is 14.6. The lowest BCUT2D eigenvalue weighted by molar-refractivity contribution is -0.225. The summed E-state index contributed by atoms with van der Waals surface area (Å²) in [7, 11) is 1.33. The Labute approximate surface area is 164 Å². The molecule has 0 radical (unpaired) electrons. The summed E-state index contributed by atoms with van der Waals surface area (Å²) >= 11 is 5.80. The first-order chi connectivity index (χ1) is 12.8. The van der Waals surface area contributed by atoms with Gasteiger partial charge in [-0.05, 0) is 68.4 Å². The van der Waals surface area contributed by atoms with Crippen molar-refractivity contribution < 1.29 is 22.6 Å². The van der Waals surface area contributed by atoms with Gasteiger partial charge in [-0.15, -0.1) is 0 Å². The van der Waals surface area contributed by atoms with Gasteiger partial charge in [0.1, 0.15) is 10.8 Å². The fourth-order valence-corrected chi connectivity index (χ4v) is 4.90. The quantitative estimate of drug-likeness (QED) is 0.521. The van der Waals surface area contributed by atoms with Gasteiger partial charge in [0.15, 0.2) is 11.6 Å². The fraction of sp³-hybridized carbons (Fsp3) is 0.714. The van der Waals surface area contributed by atoms with Gasteiger partial charge in [-0.2, -0.15) is 8.78 Å². The molecule has 2 fully saturated rings. The van der Waals surface area contributed by atoms with Crippen molar-refractivity contribution in [2.45, 2.75) is 64.4 Å². The summed E-state index contributed by atoms with van der Waals surface area (Å²) in [6, 6.07) is 2.47. The third kappa shape index (κ3) is 4.67. The predicted molar refractivity (Wildman–Crippen MR) is 100 cm³/mol. The highest BCUT2D eigenvalue weighted by atomic mass is 35.5. The van der Waals surface area contributed by atoms with E-state index in [0.29, 0.717) is 24.7 Å². The van der Waals surface area contributed by atoms with Crippen molar-refractivity contribution in [1.29, 1.82) is 0 Å².